The van der Waals surface area contributed by atoms with Crippen LogP contribution in [-0.4, -0.2) is 20.6 Å². The van der Waals surface area contributed by atoms with Crippen molar-refractivity contribution in [1.29, 1.82) is 0 Å². The third-order valence-corrected chi connectivity index (χ3v) is 4.42. The fraction of sp³-hybridized carbons (Fsp3) is 0.278. The molecule has 0 aliphatic carbocycles. The van der Waals surface area contributed by atoms with E-state index in [-0.39, 0.29) is 24.3 Å². The van der Waals surface area contributed by atoms with Gasteiger partial charge in [0.1, 0.15) is 0 Å². The van der Waals surface area contributed by atoms with Gasteiger partial charge in [0, 0.05) is 12.8 Å². The molecule has 140 valence electrons. The van der Waals surface area contributed by atoms with Gasteiger partial charge in [0.05, 0.1) is 17.7 Å². The Morgan fingerprint density at radius 1 is 1.00 bits per heavy atom. The van der Waals surface area contributed by atoms with E-state index in [2.05, 4.69) is 5.32 Å². The van der Waals surface area contributed by atoms with Crippen molar-refractivity contribution in [2.45, 2.75) is 24.9 Å². The van der Waals surface area contributed by atoms with Crippen LogP contribution in [0.1, 0.15) is 22.3 Å². The van der Waals surface area contributed by atoms with Crippen molar-refractivity contribution in [3.8, 4) is 0 Å². The number of halogens is 3. The lowest BCUT2D eigenvalue weighted by Crippen LogP contribution is -2.24. The molecule has 26 heavy (non-hydrogen) atoms. The number of benzene rings is 2. The number of hydrogen-bond donors (Lipinski definition) is 1. The molecule has 8 heteroatoms. The molecule has 0 heterocycles. The first-order chi connectivity index (χ1) is 12.0. The molecule has 0 aromatic heterocycles. The van der Waals surface area contributed by atoms with Crippen LogP contribution in [0.15, 0.2) is 48.5 Å². The molecule has 0 saturated heterocycles. The highest BCUT2D eigenvalue weighted by Crippen LogP contribution is 2.29. The highest BCUT2D eigenvalue weighted by Gasteiger charge is 2.30. The summed E-state index contributed by atoms with van der Waals surface area (Å²) in [7, 11) is -3.11. The molecule has 1 N–H and O–H groups in total. The van der Waals surface area contributed by atoms with Crippen molar-refractivity contribution in [3.05, 3.63) is 70.8 Å². The first-order valence-corrected chi connectivity index (χ1v) is 9.77. The third kappa shape index (κ3) is 6.51. The van der Waals surface area contributed by atoms with E-state index in [0.717, 1.165) is 24.0 Å². The van der Waals surface area contributed by atoms with Gasteiger partial charge in [-0.05, 0) is 22.8 Å². The van der Waals surface area contributed by atoms with Gasteiger partial charge in [-0.25, -0.2) is 8.42 Å². The minimum atomic E-state index is -4.44. The van der Waals surface area contributed by atoms with Gasteiger partial charge >= 0.3 is 6.18 Å². The summed E-state index contributed by atoms with van der Waals surface area (Å²) in [6.45, 7) is 0.205. The Bertz CT molecular complexity index is 875. The van der Waals surface area contributed by atoms with Gasteiger partial charge in [0.15, 0.2) is 9.84 Å². The molecule has 0 saturated carbocycles. The van der Waals surface area contributed by atoms with Gasteiger partial charge in [-0.15, -0.1) is 0 Å². The number of hydrogen-bond acceptors (Lipinski definition) is 3. The molecule has 0 fully saturated rings. The summed E-state index contributed by atoms with van der Waals surface area (Å²) in [5.74, 6) is -0.459. The average molecular weight is 385 g/mol. The summed E-state index contributed by atoms with van der Waals surface area (Å²) in [4.78, 5) is 11.9. The topological polar surface area (TPSA) is 63.2 Å². The minimum Gasteiger partial charge on any atom is -0.352 e. The van der Waals surface area contributed by atoms with Gasteiger partial charge in [-0.2, -0.15) is 13.2 Å². The maximum absolute atomic E-state index is 12.7. The molecule has 0 aliphatic heterocycles. The van der Waals surface area contributed by atoms with E-state index < -0.39 is 27.5 Å². The number of carbonyl (C=O) groups is 1. The largest absolute Gasteiger partial charge is 0.416 e. The second-order valence-electron chi connectivity index (χ2n) is 6.04. The zero-order chi connectivity index (χ0) is 19.4. The van der Waals surface area contributed by atoms with Crippen molar-refractivity contribution in [3.63, 3.8) is 0 Å². The zero-order valence-corrected chi connectivity index (χ0v) is 14.8. The molecule has 2 aromatic carbocycles. The lowest BCUT2D eigenvalue weighted by Gasteiger charge is -2.09. The number of amides is 1. The van der Waals surface area contributed by atoms with Gasteiger partial charge in [0.25, 0.3) is 0 Å². The predicted octanol–water partition coefficient (Wildman–Crippen LogP) is 3.11. The maximum atomic E-state index is 12.7. The second-order valence-corrected chi connectivity index (χ2v) is 8.18. The summed E-state index contributed by atoms with van der Waals surface area (Å²) in [6.07, 6.45) is -3.45. The number of carbonyl (C=O) groups excluding carboxylic acids is 1. The molecule has 4 nitrogen and oxygen atoms in total. The normalized spacial score (nSPS) is 12.0. The SMILES string of the molecule is CS(=O)(=O)Cc1ccc(CNC(=O)Cc2cccc(C(F)(F)F)c2)cc1. The minimum absolute atomic E-state index is 0.0603. The van der Waals surface area contributed by atoms with Crippen LogP contribution in [0.25, 0.3) is 0 Å². The first kappa shape index (κ1) is 20.0. The summed E-state index contributed by atoms with van der Waals surface area (Å²) >= 11 is 0. The maximum Gasteiger partial charge on any atom is 0.416 e. The molecule has 2 aromatic rings. The Labute approximate surface area is 150 Å². The summed E-state index contributed by atoms with van der Waals surface area (Å²) < 4.78 is 60.5. The summed E-state index contributed by atoms with van der Waals surface area (Å²) in [5, 5.41) is 2.63. The Hall–Kier alpha value is -2.35. The molecule has 0 bridgehead atoms. The van der Waals surface area contributed by atoms with Crippen molar-refractivity contribution in [2.24, 2.45) is 0 Å². The number of rotatable bonds is 6. The molecule has 2 rings (SSSR count). The lowest BCUT2D eigenvalue weighted by atomic mass is 10.1. The van der Waals surface area contributed by atoms with Crippen LogP contribution in [0.2, 0.25) is 0 Å². The van der Waals surface area contributed by atoms with Crippen LogP contribution in [0, 0.1) is 0 Å². The number of alkyl halides is 3. The quantitative estimate of drug-likeness (QED) is 0.831. The van der Waals surface area contributed by atoms with Crippen LogP contribution in [0.5, 0.6) is 0 Å². The molecular weight excluding hydrogens is 367 g/mol. The highest BCUT2D eigenvalue weighted by atomic mass is 32.2. The van der Waals surface area contributed by atoms with Crippen LogP contribution >= 0.6 is 0 Å². The molecule has 0 unspecified atom stereocenters. The lowest BCUT2D eigenvalue weighted by molar-refractivity contribution is -0.137. The van der Waals surface area contributed by atoms with E-state index in [1.54, 1.807) is 24.3 Å². The molecule has 0 radical (unpaired) electrons. The third-order valence-electron chi connectivity index (χ3n) is 3.56. The Balaban J connectivity index is 1.91. The Morgan fingerprint density at radius 3 is 2.19 bits per heavy atom. The first-order valence-electron chi connectivity index (χ1n) is 7.71. The monoisotopic (exact) mass is 385 g/mol. The molecule has 0 atom stereocenters. The van der Waals surface area contributed by atoms with E-state index >= 15 is 0 Å². The van der Waals surface area contributed by atoms with Crippen LogP contribution < -0.4 is 5.32 Å². The Morgan fingerprint density at radius 2 is 1.62 bits per heavy atom. The molecule has 0 spiro atoms. The predicted molar refractivity (Wildman–Crippen MR) is 92.0 cm³/mol. The van der Waals surface area contributed by atoms with Gasteiger partial charge in [0.2, 0.25) is 5.91 Å². The summed E-state index contributed by atoms with van der Waals surface area (Å²) in [5.41, 5.74) is 0.899. The van der Waals surface area contributed by atoms with Crippen molar-refractivity contribution in [2.75, 3.05) is 6.26 Å². The van der Waals surface area contributed by atoms with E-state index in [1.807, 2.05) is 0 Å². The van der Waals surface area contributed by atoms with E-state index in [9.17, 15) is 26.4 Å². The fourth-order valence-corrected chi connectivity index (χ4v) is 3.16. The molecule has 1 amide bonds. The van der Waals surface area contributed by atoms with E-state index in [4.69, 9.17) is 0 Å². The second kappa shape index (κ2) is 7.90. The zero-order valence-electron chi connectivity index (χ0n) is 14.0. The fourth-order valence-electron chi connectivity index (χ4n) is 2.36. The van der Waals surface area contributed by atoms with Crippen molar-refractivity contribution < 1.29 is 26.4 Å². The smallest absolute Gasteiger partial charge is 0.352 e. The number of nitrogens with one attached hydrogen (secondary N) is 1. The van der Waals surface area contributed by atoms with Gasteiger partial charge in [-0.1, -0.05) is 42.5 Å². The molecular formula is C18H18F3NO3S. The van der Waals surface area contributed by atoms with E-state index in [1.165, 1.54) is 12.1 Å². The molecule has 0 aliphatic rings. The van der Waals surface area contributed by atoms with Crippen molar-refractivity contribution in [1.82, 2.24) is 5.32 Å². The van der Waals surface area contributed by atoms with Gasteiger partial charge in [-0.3, -0.25) is 4.79 Å². The van der Waals surface area contributed by atoms with Crippen LogP contribution in [0.4, 0.5) is 13.2 Å². The standard InChI is InChI=1S/C18H18F3NO3S/c1-26(24,25)12-14-7-5-13(6-8-14)11-22-17(23)10-15-3-2-4-16(9-15)18(19,20)21/h2-9H,10-12H2,1H3,(H,22,23). The number of sulfone groups is 1. The van der Waals surface area contributed by atoms with E-state index in [0.29, 0.717) is 5.56 Å². The summed E-state index contributed by atoms with van der Waals surface area (Å²) in [6, 6.07) is 11.4. The van der Waals surface area contributed by atoms with Crippen LogP contribution in [-0.2, 0) is 39.5 Å². The van der Waals surface area contributed by atoms with Gasteiger partial charge < -0.3 is 5.32 Å². The average Bonchev–Trinajstić information content (AvgIpc) is 2.52. The Kier molecular flexibility index (Phi) is 6.07. The van der Waals surface area contributed by atoms with Crippen LogP contribution in [0.3, 0.4) is 0 Å². The van der Waals surface area contributed by atoms with Crippen molar-refractivity contribution >= 4 is 15.7 Å². The highest BCUT2D eigenvalue weighted by molar-refractivity contribution is 7.89.